The molecule has 186 valence electrons. The van der Waals surface area contributed by atoms with Gasteiger partial charge in [0.05, 0.1) is 12.0 Å². The maximum atomic E-state index is 14.2. The Balaban J connectivity index is 1.89. The molecule has 9 heteroatoms. The van der Waals surface area contributed by atoms with E-state index in [9.17, 15) is 14.7 Å². The van der Waals surface area contributed by atoms with Crippen molar-refractivity contribution in [3.63, 3.8) is 0 Å². The number of carboxylic acids is 1. The number of carbonyl (C=O) groups is 2. The van der Waals surface area contributed by atoms with Gasteiger partial charge in [0.1, 0.15) is 10.5 Å². The zero-order chi connectivity index (χ0) is 25.5. The summed E-state index contributed by atoms with van der Waals surface area (Å²) in [4.78, 5) is 37.6. The lowest BCUT2D eigenvalue weighted by Crippen LogP contribution is -2.54. The average Bonchev–Trinajstić information content (AvgIpc) is 3.51. The Labute approximate surface area is 209 Å². The van der Waals surface area contributed by atoms with Crippen LogP contribution >= 0.6 is 11.3 Å². The van der Waals surface area contributed by atoms with E-state index in [2.05, 4.69) is 35.9 Å². The molecule has 1 saturated heterocycles. The topological polar surface area (TPSA) is 109 Å². The first-order valence-corrected chi connectivity index (χ1v) is 12.7. The molecule has 35 heavy (non-hydrogen) atoms. The standard InChI is InChI=1S/C26H32N4O4S/c1-15(2)13-26(24(32)33)14-19(21-28-16(3)29-34-21)20(22-27-11-12-35-22)30(26)23(31)17-7-9-18(10-8-17)25(4,5)6/h7-12,15,19-20H,13-14H2,1-6H3,(H,32,33)/t19-,20-,26+/m1/s1. The Hall–Kier alpha value is -3.07. The van der Waals surface area contributed by atoms with Crippen LogP contribution in [0, 0.1) is 12.8 Å². The fourth-order valence-corrected chi connectivity index (χ4v) is 5.87. The molecule has 0 bridgehead atoms. The lowest BCUT2D eigenvalue weighted by molar-refractivity contribution is -0.150. The molecule has 0 aliphatic carbocycles. The highest BCUT2D eigenvalue weighted by molar-refractivity contribution is 7.09. The predicted octanol–water partition coefficient (Wildman–Crippen LogP) is 5.37. The molecule has 0 radical (unpaired) electrons. The summed E-state index contributed by atoms with van der Waals surface area (Å²) in [5.74, 6) is -1.04. The molecule has 1 aliphatic heterocycles. The maximum Gasteiger partial charge on any atom is 0.329 e. The minimum atomic E-state index is -1.45. The zero-order valence-electron chi connectivity index (χ0n) is 21.0. The second kappa shape index (κ2) is 9.18. The summed E-state index contributed by atoms with van der Waals surface area (Å²) in [5, 5.41) is 17.1. The minimum absolute atomic E-state index is 0.0322. The van der Waals surface area contributed by atoms with Gasteiger partial charge in [0.15, 0.2) is 5.82 Å². The van der Waals surface area contributed by atoms with Crippen LogP contribution in [0.25, 0.3) is 0 Å². The number of carbonyl (C=O) groups excluding carboxylic acids is 1. The molecule has 1 N–H and O–H groups in total. The van der Waals surface area contributed by atoms with Crippen LogP contribution in [0.15, 0.2) is 40.4 Å². The van der Waals surface area contributed by atoms with E-state index >= 15 is 0 Å². The first-order valence-electron chi connectivity index (χ1n) is 11.8. The molecule has 2 aromatic heterocycles. The van der Waals surface area contributed by atoms with Gasteiger partial charge in [0.2, 0.25) is 5.89 Å². The summed E-state index contributed by atoms with van der Waals surface area (Å²) in [5.41, 5.74) is 0.0217. The van der Waals surface area contributed by atoms with Crippen LogP contribution < -0.4 is 0 Å². The van der Waals surface area contributed by atoms with E-state index in [0.717, 1.165) is 5.56 Å². The molecule has 0 unspecified atom stereocenters. The Morgan fingerprint density at radius 2 is 1.94 bits per heavy atom. The molecule has 1 fully saturated rings. The molecule has 1 aliphatic rings. The highest BCUT2D eigenvalue weighted by atomic mass is 32.1. The smallest absolute Gasteiger partial charge is 0.329 e. The number of rotatable bonds is 6. The van der Waals surface area contributed by atoms with E-state index in [1.54, 1.807) is 25.3 Å². The SMILES string of the molecule is Cc1noc([C@@H]2C[C@@](CC(C)C)(C(=O)O)N(C(=O)c3ccc(C(C)(C)C)cc3)[C@H]2c2nccs2)n1. The molecule has 1 aromatic carbocycles. The van der Waals surface area contributed by atoms with Crippen molar-refractivity contribution < 1.29 is 19.2 Å². The molecular weight excluding hydrogens is 464 g/mol. The molecule has 8 nitrogen and oxygen atoms in total. The number of nitrogens with zero attached hydrogens (tertiary/aromatic N) is 4. The number of likely N-dealkylation sites (tertiary alicyclic amines) is 1. The Morgan fingerprint density at radius 3 is 2.43 bits per heavy atom. The van der Waals surface area contributed by atoms with Crippen LogP contribution in [0.5, 0.6) is 0 Å². The number of hydrogen-bond donors (Lipinski definition) is 1. The monoisotopic (exact) mass is 496 g/mol. The third-order valence-corrected chi connectivity index (χ3v) is 7.45. The van der Waals surface area contributed by atoms with E-state index in [1.807, 2.05) is 31.4 Å². The van der Waals surface area contributed by atoms with Gasteiger partial charge >= 0.3 is 5.97 Å². The van der Waals surface area contributed by atoms with Gasteiger partial charge in [-0.05, 0) is 48.8 Å². The summed E-state index contributed by atoms with van der Waals surface area (Å²) in [7, 11) is 0. The second-order valence-corrected chi connectivity index (χ2v) is 11.7. The normalized spacial score (nSPS) is 22.7. The highest BCUT2D eigenvalue weighted by Crippen LogP contribution is 2.54. The molecular formula is C26H32N4O4S. The van der Waals surface area contributed by atoms with Gasteiger partial charge in [0.25, 0.3) is 5.91 Å². The van der Waals surface area contributed by atoms with E-state index in [4.69, 9.17) is 4.52 Å². The van der Waals surface area contributed by atoms with Crippen molar-refractivity contribution in [2.75, 3.05) is 0 Å². The van der Waals surface area contributed by atoms with E-state index in [0.29, 0.717) is 28.7 Å². The third-order valence-electron chi connectivity index (χ3n) is 6.60. The number of aromatic nitrogens is 3. The van der Waals surface area contributed by atoms with Gasteiger partial charge in [-0.1, -0.05) is 51.9 Å². The third kappa shape index (κ3) is 4.61. The Morgan fingerprint density at radius 1 is 1.26 bits per heavy atom. The van der Waals surface area contributed by atoms with Crippen LogP contribution in [-0.2, 0) is 10.2 Å². The largest absolute Gasteiger partial charge is 0.479 e. The van der Waals surface area contributed by atoms with Gasteiger partial charge in [-0.15, -0.1) is 11.3 Å². The van der Waals surface area contributed by atoms with Crippen molar-refractivity contribution in [1.82, 2.24) is 20.0 Å². The summed E-state index contributed by atoms with van der Waals surface area (Å²) < 4.78 is 5.53. The lowest BCUT2D eigenvalue weighted by atomic mass is 9.83. The molecule has 0 saturated carbocycles. The molecule has 3 heterocycles. The summed E-state index contributed by atoms with van der Waals surface area (Å²) >= 11 is 1.39. The van der Waals surface area contributed by atoms with Crippen LogP contribution in [0.2, 0.25) is 0 Å². The lowest BCUT2D eigenvalue weighted by Gasteiger charge is -2.38. The number of benzene rings is 1. The number of hydrogen-bond acceptors (Lipinski definition) is 7. The van der Waals surface area contributed by atoms with Crippen molar-refractivity contribution in [2.24, 2.45) is 5.92 Å². The first kappa shape index (κ1) is 25.0. The molecule has 3 atom stereocenters. The quantitative estimate of drug-likeness (QED) is 0.488. The van der Waals surface area contributed by atoms with Crippen molar-refractivity contribution in [3.8, 4) is 0 Å². The van der Waals surface area contributed by atoms with Gasteiger partial charge in [0, 0.05) is 17.1 Å². The van der Waals surface area contributed by atoms with Crippen LogP contribution in [0.4, 0.5) is 0 Å². The minimum Gasteiger partial charge on any atom is -0.479 e. The number of carboxylic acid groups (broad SMARTS) is 1. The number of amides is 1. The number of aliphatic carboxylic acids is 1. The molecule has 4 rings (SSSR count). The molecule has 3 aromatic rings. The van der Waals surface area contributed by atoms with Gasteiger partial charge < -0.3 is 14.5 Å². The van der Waals surface area contributed by atoms with Crippen LogP contribution in [-0.4, -0.2) is 42.5 Å². The van der Waals surface area contributed by atoms with Crippen LogP contribution in [0.3, 0.4) is 0 Å². The molecule has 1 amide bonds. The average molecular weight is 497 g/mol. The fourth-order valence-electron chi connectivity index (χ4n) is 5.08. The zero-order valence-corrected chi connectivity index (χ0v) is 21.8. The Bertz CT molecular complexity index is 1200. The highest BCUT2D eigenvalue weighted by Gasteiger charge is 2.61. The number of thiazole rings is 1. The number of aryl methyl sites for hydroxylation is 1. The van der Waals surface area contributed by atoms with Crippen LogP contribution in [0.1, 0.15) is 92.1 Å². The van der Waals surface area contributed by atoms with Crippen molar-refractivity contribution in [1.29, 1.82) is 0 Å². The first-order chi connectivity index (χ1) is 16.4. The maximum absolute atomic E-state index is 14.2. The fraction of sp³-hybridized carbons (Fsp3) is 0.500. The van der Waals surface area contributed by atoms with Crippen molar-refractivity contribution >= 4 is 23.2 Å². The van der Waals surface area contributed by atoms with Gasteiger partial charge in [-0.3, -0.25) is 4.79 Å². The summed E-state index contributed by atoms with van der Waals surface area (Å²) in [6, 6.07) is 6.80. The second-order valence-electron chi connectivity index (χ2n) is 10.7. The van der Waals surface area contributed by atoms with Crippen molar-refractivity contribution in [3.05, 3.63) is 63.7 Å². The predicted molar refractivity (Wildman–Crippen MR) is 132 cm³/mol. The van der Waals surface area contributed by atoms with Gasteiger partial charge in [-0.25, -0.2) is 9.78 Å². The summed E-state index contributed by atoms with van der Waals surface area (Å²) in [6.45, 7) is 12.0. The Kier molecular flexibility index (Phi) is 6.57. The van der Waals surface area contributed by atoms with E-state index in [-0.39, 0.29) is 23.7 Å². The van der Waals surface area contributed by atoms with E-state index < -0.39 is 23.5 Å². The van der Waals surface area contributed by atoms with Crippen molar-refractivity contribution in [2.45, 2.75) is 77.3 Å². The molecule has 0 spiro atoms. The summed E-state index contributed by atoms with van der Waals surface area (Å²) in [6.07, 6.45) is 2.12. The van der Waals surface area contributed by atoms with Gasteiger partial charge in [-0.2, -0.15) is 4.98 Å². The van der Waals surface area contributed by atoms with E-state index in [1.165, 1.54) is 16.2 Å².